The first-order valence-electron chi connectivity index (χ1n) is 12.1. The molecule has 2 unspecified atom stereocenters. The normalized spacial score (nSPS) is 16.4. The summed E-state index contributed by atoms with van der Waals surface area (Å²) in [4.78, 5) is 38.5. The summed E-state index contributed by atoms with van der Waals surface area (Å²) in [7, 11) is 0. The zero-order chi connectivity index (χ0) is 28.0. The number of carboxylic acids is 1. The van der Waals surface area contributed by atoms with Crippen molar-refractivity contribution in [3.05, 3.63) is 65.0 Å². The average Bonchev–Trinajstić information content (AvgIpc) is 3.35. The number of benzene rings is 2. The summed E-state index contributed by atoms with van der Waals surface area (Å²) in [6, 6.07) is 6.60. The second kappa shape index (κ2) is 14.4. The van der Waals surface area contributed by atoms with Gasteiger partial charge in [-0.25, -0.2) is 18.0 Å². The van der Waals surface area contributed by atoms with E-state index in [9.17, 15) is 32.7 Å². The molecule has 0 aliphatic carbocycles. The van der Waals surface area contributed by atoms with Gasteiger partial charge >= 0.3 is 5.97 Å². The number of anilines is 1. The van der Waals surface area contributed by atoms with Gasteiger partial charge in [0.15, 0.2) is 17.0 Å². The second-order valence-corrected chi connectivity index (χ2v) is 10.6. The van der Waals surface area contributed by atoms with Crippen LogP contribution in [0.2, 0.25) is 0 Å². The van der Waals surface area contributed by atoms with Gasteiger partial charge in [-0.05, 0) is 41.7 Å². The summed E-state index contributed by atoms with van der Waals surface area (Å²) in [5, 5.41) is 14.4. The molecule has 0 radical (unpaired) electrons. The molecule has 13 heteroatoms. The third kappa shape index (κ3) is 8.77. The van der Waals surface area contributed by atoms with Crippen molar-refractivity contribution >= 4 is 47.6 Å². The van der Waals surface area contributed by atoms with Crippen LogP contribution in [-0.4, -0.2) is 57.5 Å². The zero-order valence-corrected chi connectivity index (χ0v) is 23.1. The maximum atomic E-state index is 13.9. The molecule has 5 N–H and O–H groups in total. The summed E-state index contributed by atoms with van der Waals surface area (Å²) >= 11 is 1.31. The summed E-state index contributed by atoms with van der Waals surface area (Å²) in [5.41, 5.74) is 7.29. The molecule has 0 spiro atoms. The summed E-state index contributed by atoms with van der Waals surface area (Å²) in [6.07, 6.45) is -0.354. The van der Waals surface area contributed by atoms with E-state index in [1.165, 1.54) is 16.7 Å². The highest BCUT2D eigenvalue weighted by Crippen LogP contribution is 2.25. The summed E-state index contributed by atoms with van der Waals surface area (Å²) in [6.45, 7) is 4.17. The third-order valence-corrected chi connectivity index (χ3v) is 7.32. The number of amides is 2. The molecule has 8 nitrogen and oxygen atoms in total. The molecule has 39 heavy (non-hydrogen) atoms. The van der Waals surface area contributed by atoms with Crippen molar-refractivity contribution in [3.8, 4) is 0 Å². The standard InChI is InChI=1S/C26H31F3N4O4S.ClH/c1-14(2)23(26(36)37)32-18-5-3-15(4-6-18)13-31-24(35)25-33(7-8-38-25)22(34)11-17(30)9-16-10-20(28)21(29)12-19(16)27;/h3-6,10,12,14,17,23,25,32H,7-9,11,13,30H2,1-2H3,(H,31,35)(H,36,37);1H/t17-,23?,25?;/m1./s1. The number of thioether (sulfide) groups is 1. The second-order valence-electron chi connectivity index (χ2n) is 9.46. The van der Waals surface area contributed by atoms with E-state index in [0.29, 0.717) is 24.1 Å². The van der Waals surface area contributed by atoms with Crippen LogP contribution in [0.15, 0.2) is 36.4 Å². The zero-order valence-electron chi connectivity index (χ0n) is 21.5. The number of carbonyl (C=O) groups excluding carboxylic acids is 2. The summed E-state index contributed by atoms with van der Waals surface area (Å²) < 4.78 is 40.5. The number of nitrogens with two attached hydrogens (primary N) is 1. The number of nitrogens with zero attached hydrogens (tertiary/aromatic N) is 1. The van der Waals surface area contributed by atoms with Crippen LogP contribution in [-0.2, 0) is 27.3 Å². The number of halogens is 4. The maximum Gasteiger partial charge on any atom is 0.326 e. The largest absolute Gasteiger partial charge is 0.480 e. The Morgan fingerprint density at radius 2 is 1.74 bits per heavy atom. The fourth-order valence-electron chi connectivity index (χ4n) is 4.05. The first-order valence-corrected chi connectivity index (χ1v) is 13.2. The highest BCUT2D eigenvalue weighted by atomic mass is 35.5. The van der Waals surface area contributed by atoms with Crippen molar-refractivity contribution in [2.45, 2.75) is 50.7 Å². The molecule has 1 heterocycles. The van der Waals surface area contributed by atoms with Crippen molar-refractivity contribution in [2.24, 2.45) is 11.7 Å². The molecule has 1 aliphatic heterocycles. The van der Waals surface area contributed by atoms with Gasteiger partial charge in [-0.3, -0.25) is 9.59 Å². The first kappa shape index (κ1) is 32.3. The summed E-state index contributed by atoms with van der Waals surface area (Å²) in [5.74, 6) is -4.68. The maximum absolute atomic E-state index is 13.9. The van der Waals surface area contributed by atoms with Gasteiger partial charge in [-0.1, -0.05) is 26.0 Å². The van der Waals surface area contributed by atoms with E-state index in [4.69, 9.17) is 5.73 Å². The number of hydrogen-bond donors (Lipinski definition) is 4. The van der Waals surface area contributed by atoms with Crippen LogP contribution in [0.4, 0.5) is 18.9 Å². The molecule has 1 aliphatic rings. The van der Waals surface area contributed by atoms with E-state index in [1.54, 1.807) is 24.3 Å². The molecule has 3 atom stereocenters. The number of carbonyl (C=O) groups is 3. The van der Waals surface area contributed by atoms with Crippen LogP contribution in [0, 0.1) is 23.4 Å². The molecule has 0 saturated carbocycles. The fourth-order valence-corrected chi connectivity index (χ4v) is 5.21. The molecular formula is C26H32ClF3N4O4S. The molecule has 1 saturated heterocycles. The number of hydrogen-bond acceptors (Lipinski definition) is 6. The Kier molecular flexibility index (Phi) is 11.9. The molecule has 1 fully saturated rings. The van der Waals surface area contributed by atoms with E-state index >= 15 is 0 Å². The molecule has 214 valence electrons. The minimum absolute atomic E-state index is 0. The van der Waals surface area contributed by atoms with Crippen LogP contribution in [0.5, 0.6) is 0 Å². The van der Waals surface area contributed by atoms with Crippen molar-refractivity contribution in [3.63, 3.8) is 0 Å². The molecule has 2 aromatic rings. The van der Waals surface area contributed by atoms with Gasteiger partial charge < -0.3 is 26.4 Å². The SMILES string of the molecule is CC(C)C(Nc1ccc(CNC(=O)C2SCCN2C(=O)C[C@H](N)Cc2cc(F)c(F)cc2F)cc1)C(=O)O.Cl. The lowest BCUT2D eigenvalue weighted by molar-refractivity contribution is -0.138. The van der Waals surface area contributed by atoms with Crippen molar-refractivity contribution in [2.75, 3.05) is 17.6 Å². The quantitative estimate of drug-likeness (QED) is 0.296. The van der Waals surface area contributed by atoms with Gasteiger partial charge in [-0.15, -0.1) is 24.2 Å². The number of nitrogens with one attached hydrogen (secondary N) is 2. The van der Waals surface area contributed by atoms with E-state index in [1.807, 2.05) is 13.8 Å². The Morgan fingerprint density at radius 1 is 1.10 bits per heavy atom. The van der Waals surface area contributed by atoms with Crippen LogP contribution in [0.3, 0.4) is 0 Å². The fraction of sp³-hybridized carbons (Fsp3) is 0.423. The Labute approximate surface area is 235 Å². The van der Waals surface area contributed by atoms with E-state index < -0.39 is 40.9 Å². The van der Waals surface area contributed by atoms with Crippen LogP contribution in [0.1, 0.15) is 31.4 Å². The van der Waals surface area contributed by atoms with Gasteiger partial charge in [0.25, 0.3) is 5.91 Å². The van der Waals surface area contributed by atoms with Crippen molar-refractivity contribution < 1.29 is 32.7 Å². The van der Waals surface area contributed by atoms with Crippen molar-refractivity contribution in [1.29, 1.82) is 0 Å². The van der Waals surface area contributed by atoms with Gasteiger partial charge in [0.1, 0.15) is 11.9 Å². The molecule has 0 bridgehead atoms. The Balaban J connectivity index is 0.00000533. The lowest BCUT2D eigenvalue weighted by atomic mass is 10.0. The smallest absolute Gasteiger partial charge is 0.326 e. The minimum atomic E-state index is -1.30. The number of rotatable bonds is 11. The van der Waals surface area contributed by atoms with Gasteiger partial charge in [0, 0.05) is 43.1 Å². The van der Waals surface area contributed by atoms with Crippen LogP contribution >= 0.6 is 24.2 Å². The van der Waals surface area contributed by atoms with Crippen LogP contribution < -0.4 is 16.4 Å². The predicted molar refractivity (Wildman–Crippen MR) is 146 cm³/mol. The molecule has 3 rings (SSSR count). The van der Waals surface area contributed by atoms with Crippen LogP contribution in [0.25, 0.3) is 0 Å². The van der Waals surface area contributed by atoms with E-state index in [-0.39, 0.29) is 55.1 Å². The van der Waals surface area contributed by atoms with Gasteiger partial charge in [0.2, 0.25) is 5.91 Å². The third-order valence-electron chi connectivity index (χ3n) is 6.12. The first-order chi connectivity index (χ1) is 18.0. The lowest BCUT2D eigenvalue weighted by Crippen LogP contribution is -2.46. The number of carboxylic acid groups (broad SMARTS) is 1. The van der Waals surface area contributed by atoms with Crippen molar-refractivity contribution in [1.82, 2.24) is 10.2 Å². The Hall–Kier alpha value is -2.96. The number of aliphatic carboxylic acids is 1. The Morgan fingerprint density at radius 3 is 2.36 bits per heavy atom. The average molecular weight is 589 g/mol. The minimum Gasteiger partial charge on any atom is -0.480 e. The molecule has 0 aromatic heterocycles. The Bertz CT molecular complexity index is 1170. The molecule has 2 aromatic carbocycles. The highest BCUT2D eigenvalue weighted by molar-refractivity contribution is 8.00. The lowest BCUT2D eigenvalue weighted by Gasteiger charge is -2.24. The van der Waals surface area contributed by atoms with Gasteiger partial charge in [0.05, 0.1) is 0 Å². The predicted octanol–water partition coefficient (Wildman–Crippen LogP) is 3.52. The van der Waals surface area contributed by atoms with Gasteiger partial charge in [-0.2, -0.15) is 0 Å². The highest BCUT2D eigenvalue weighted by Gasteiger charge is 2.35. The monoisotopic (exact) mass is 588 g/mol. The molecule has 2 amide bonds. The topological polar surface area (TPSA) is 125 Å². The molecular weight excluding hydrogens is 557 g/mol. The van der Waals surface area contributed by atoms with E-state index in [2.05, 4.69) is 10.6 Å². The van der Waals surface area contributed by atoms with E-state index in [0.717, 1.165) is 11.6 Å².